The third-order valence-corrected chi connectivity index (χ3v) is 14.3. The molecule has 2 rings (SSSR count). The zero-order chi connectivity index (χ0) is 49.6. The van der Waals surface area contributed by atoms with Crippen molar-refractivity contribution in [3.05, 3.63) is 0 Å². The Balaban J connectivity index is 1.77. The van der Waals surface area contributed by atoms with Crippen molar-refractivity contribution in [1.82, 2.24) is 5.32 Å². The largest absolute Gasteiger partial charge is 0.394 e. The first-order valence-corrected chi connectivity index (χ1v) is 28.3. The Kier molecular flexibility index (Phi) is 38.5. The molecule has 0 aromatic heterocycles. The Labute approximate surface area is 413 Å². The molecule has 1 amide bonds. The SMILES string of the molecule is CCCCCCCCCCCCCCCCCCCCCC(=O)N[C@@H](CO[C@@H]1O[C@H](CO)[C@@H](O[C@@H]2O[C@H](CO)[C@H](O)C(O)C2O)C(O)C1O)[C@H](O)CCCCCCCCCCCCCCCCC. The number of hydrogen-bond donors (Lipinski definition) is 9. The van der Waals surface area contributed by atoms with Crippen LogP contribution >= 0.6 is 0 Å². The van der Waals surface area contributed by atoms with Crippen LogP contribution in [0.25, 0.3) is 0 Å². The molecule has 2 aliphatic heterocycles. The van der Waals surface area contributed by atoms with Crippen LogP contribution in [0.2, 0.25) is 0 Å². The van der Waals surface area contributed by atoms with Gasteiger partial charge in [-0.05, 0) is 12.8 Å². The molecule has 68 heavy (non-hydrogen) atoms. The Morgan fingerprint density at radius 1 is 0.471 bits per heavy atom. The number of aliphatic hydroxyl groups excluding tert-OH is 8. The first-order valence-electron chi connectivity index (χ1n) is 28.3. The second kappa shape index (κ2) is 41.5. The van der Waals surface area contributed by atoms with E-state index in [2.05, 4.69) is 19.2 Å². The van der Waals surface area contributed by atoms with Crippen molar-refractivity contribution in [2.45, 2.75) is 319 Å². The lowest BCUT2D eigenvalue weighted by molar-refractivity contribution is -0.359. The van der Waals surface area contributed by atoms with Crippen molar-refractivity contribution in [2.24, 2.45) is 0 Å². The number of aliphatic hydroxyl groups is 8. The quantitative estimate of drug-likeness (QED) is 0.0261. The standard InChI is InChI=1S/C54H105NO13/c1-3-5-7-9-11-13-15-17-19-20-21-22-24-26-28-30-32-34-36-38-46(59)55-42(43(58)37-35-33-31-29-27-25-23-18-16-14-12-10-8-6-4-2)41-65-53-51(64)49(62)52(45(40-57)67-53)68-54-50(63)48(61)47(60)44(39-56)66-54/h42-45,47-54,56-58,60-64H,3-41H2,1-2H3,(H,55,59)/t42-,43+,44+,45+,47-,48?,49?,50?,51?,52+,53+,54-/m0/s1. The molecule has 0 saturated carbocycles. The average Bonchev–Trinajstić information content (AvgIpc) is 3.34. The van der Waals surface area contributed by atoms with E-state index in [9.17, 15) is 45.6 Å². The molecular formula is C54H105NO13. The Hall–Kier alpha value is -1.01. The van der Waals surface area contributed by atoms with Crippen LogP contribution in [-0.4, -0.2) is 140 Å². The molecule has 0 bridgehead atoms. The van der Waals surface area contributed by atoms with Gasteiger partial charge in [-0.3, -0.25) is 4.79 Å². The number of carbonyl (C=O) groups is 1. The maximum absolute atomic E-state index is 13.2. The Morgan fingerprint density at radius 2 is 0.838 bits per heavy atom. The monoisotopic (exact) mass is 976 g/mol. The van der Waals surface area contributed by atoms with Gasteiger partial charge in [-0.15, -0.1) is 0 Å². The van der Waals surface area contributed by atoms with Crippen molar-refractivity contribution >= 4 is 5.91 Å². The summed E-state index contributed by atoms with van der Waals surface area (Å²) in [4.78, 5) is 13.2. The molecule has 0 aliphatic carbocycles. The number of carbonyl (C=O) groups excluding carboxylic acids is 1. The van der Waals surface area contributed by atoms with Gasteiger partial charge in [-0.1, -0.05) is 226 Å². The molecule has 12 atom stereocenters. The molecule has 2 saturated heterocycles. The van der Waals surface area contributed by atoms with Gasteiger partial charge in [0.1, 0.15) is 48.8 Å². The summed E-state index contributed by atoms with van der Waals surface area (Å²) in [6.07, 6.45) is 26.7. The van der Waals surface area contributed by atoms with E-state index in [1.165, 1.54) is 167 Å². The fourth-order valence-electron chi connectivity index (χ4n) is 9.71. The van der Waals surface area contributed by atoms with Crippen molar-refractivity contribution in [3.8, 4) is 0 Å². The van der Waals surface area contributed by atoms with E-state index in [0.717, 1.165) is 51.4 Å². The molecule has 404 valence electrons. The van der Waals surface area contributed by atoms with Gasteiger partial charge in [0.15, 0.2) is 12.6 Å². The fourth-order valence-corrected chi connectivity index (χ4v) is 9.71. The van der Waals surface area contributed by atoms with Gasteiger partial charge in [-0.2, -0.15) is 0 Å². The van der Waals surface area contributed by atoms with E-state index in [1.807, 2.05) is 0 Å². The van der Waals surface area contributed by atoms with Gasteiger partial charge in [0.25, 0.3) is 0 Å². The summed E-state index contributed by atoms with van der Waals surface area (Å²) >= 11 is 0. The second-order valence-corrected chi connectivity index (χ2v) is 20.4. The Morgan fingerprint density at radius 3 is 1.25 bits per heavy atom. The van der Waals surface area contributed by atoms with Crippen LogP contribution in [-0.2, 0) is 23.7 Å². The molecule has 4 unspecified atom stereocenters. The summed E-state index contributed by atoms with van der Waals surface area (Å²) in [6, 6.07) is -0.821. The highest BCUT2D eigenvalue weighted by atomic mass is 16.7. The summed E-state index contributed by atoms with van der Waals surface area (Å²) < 4.78 is 22.8. The molecule has 9 N–H and O–H groups in total. The molecule has 14 nitrogen and oxygen atoms in total. The highest BCUT2D eigenvalue weighted by Crippen LogP contribution is 2.30. The first kappa shape index (κ1) is 63.1. The van der Waals surface area contributed by atoms with Gasteiger partial charge < -0.3 is 65.1 Å². The van der Waals surface area contributed by atoms with Crippen LogP contribution in [0.4, 0.5) is 0 Å². The van der Waals surface area contributed by atoms with Crippen LogP contribution in [0.15, 0.2) is 0 Å². The van der Waals surface area contributed by atoms with Crippen LogP contribution in [0.3, 0.4) is 0 Å². The summed E-state index contributed by atoms with van der Waals surface area (Å²) in [5, 5.41) is 87.1. The molecule has 14 heteroatoms. The average molecular weight is 976 g/mol. The third kappa shape index (κ3) is 27.7. The highest BCUT2D eigenvalue weighted by molar-refractivity contribution is 5.76. The van der Waals surface area contributed by atoms with Crippen molar-refractivity contribution in [1.29, 1.82) is 0 Å². The predicted molar refractivity (Wildman–Crippen MR) is 268 cm³/mol. The normalized spacial score (nSPS) is 26.3. The number of rotatable bonds is 45. The van der Waals surface area contributed by atoms with Crippen molar-refractivity contribution in [3.63, 3.8) is 0 Å². The summed E-state index contributed by atoms with van der Waals surface area (Å²) in [5.41, 5.74) is 0. The van der Waals surface area contributed by atoms with Crippen molar-refractivity contribution in [2.75, 3.05) is 19.8 Å². The lowest BCUT2D eigenvalue weighted by Crippen LogP contribution is -2.65. The number of ether oxygens (including phenoxy) is 4. The molecule has 0 aromatic rings. The van der Waals surface area contributed by atoms with Crippen LogP contribution in [0.5, 0.6) is 0 Å². The lowest BCUT2D eigenvalue weighted by atomic mass is 9.97. The second-order valence-electron chi connectivity index (χ2n) is 20.4. The highest BCUT2D eigenvalue weighted by Gasteiger charge is 2.51. The zero-order valence-corrected chi connectivity index (χ0v) is 43.1. The van der Waals surface area contributed by atoms with E-state index >= 15 is 0 Å². The maximum Gasteiger partial charge on any atom is 0.220 e. The lowest BCUT2D eigenvalue weighted by Gasteiger charge is -2.46. The van der Waals surface area contributed by atoms with Crippen LogP contribution < -0.4 is 5.32 Å². The molecule has 0 radical (unpaired) electrons. The van der Waals surface area contributed by atoms with Crippen molar-refractivity contribution < 1.29 is 64.6 Å². The zero-order valence-electron chi connectivity index (χ0n) is 43.1. The van der Waals surface area contributed by atoms with Gasteiger partial charge in [0, 0.05) is 6.42 Å². The minimum atomic E-state index is -1.78. The molecule has 2 aliphatic rings. The number of amides is 1. The number of nitrogens with one attached hydrogen (secondary N) is 1. The molecule has 2 heterocycles. The summed E-state index contributed by atoms with van der Waals surface area (Å²) in [6.45, 7) is 2.88. The molecule has 0 spiro atoms. The minimum Gasteiger partial charge on any atom is -0.394 e. The van der Waals surface area contributed by atoms with E-state index < -0.39 is 86.8 Å². The third-order valence-electron chi connectivity index (χ3n) is 14.3. The maximum atomic E-state index is 13.2. The Bertz CT molecular complexity index is 1150. The molecule has 2 fully saturated rings. The number of hydrogen-bond acceptors (Lipinski definition) is 13. The summed E-state index contributed by atoms with van der Waals surface area (Å²) in [5.74, 6) is -0.201. The fraction of sp³-hybridized carbons (Fsp3) is 0.981. The topological polar surface area (TPSA) is 228 Å². The smallest absolute Gasteiger partial charge is 0.220 e. The van der Waals surface area contributed by atoms with Crippen LogP contribution in [0, 0.1) is 0 Å². The molecular weight excluding hydrogens is 871 g/mol. The predicted octanol–water partition coefficient (Wildman–Crippen LogP) is 8.56. The van der Waals surface area contributed by atoms with Crippen LogP contribution in [0.1, 0.15) is 245 Å². The number of unbranched alkanes of at least 4 members (excludes halogenated alkanes) is 32. The van der Waals surface area contributed by atoms with E-state index in [4.69, 9.17) is 18.9 Å². The van der Waals surface area contributed by atoms with E-state index in [1.54, 1.807) is 0 Å². The first-order chi connectivity index (χ1) is 33.1. The summed E-state index contributed by atoms with van der Waals surface area (Å²) in [7, 11) is 0. The van der Waals surface area contributed by atoms with E-state index in [-0.39, 0.29) is 12.5 Å². The van der Waals surface area contributed by atoms with E-state index in [0.29, 0.717) is 12.8 Å². The van der Waals surface area contributed by atoms with Gasteiger partial charge in [-0.25, -0.2) is 0 Å². The minimum absolute atomic E-state index is 0.201. The molecule has 0 aromatic carbocycles. The van der Waals surface area contributed by atoms with Gasteiger partial charge in [0.05, 0.1) is 32.0 Å². The van der Waals surface area contributed by atoms with Gasteiger partial charge in [0.2, 0.25) is 5.91 Å². The van der Waals surface area contributed by atoms with Gasteiger partial charge >= 0.3 is 0 Å².